The summed E-state index contributed by atoms with van der Waals surface area (Å²) in [7, 11) is 0. The Morgan fingerprint density at radius 3 is 2.60 bits per heavy atom. The lowest BCUT2D eigenvalue weighted by Gasteiger charge is -2.37. The Labute approximate surface area is 144 Å². The van der Waals surface area contributed by atoms with E-state index in [1.807, 2.05) is 22.9 Å². The summed E-state index contributed by atoms with van der Waals surface area (Å²) in [5.41, 5.74) is 1.55. The van der Waals surface area contributed by atoms with Crippen LogP contribution in [-0.4, -0.2) is 21.9 Å². The lowest BCUT2D eigenvalue weighted by Crippen LogP contribution is -2.42. The number of amides is 1. The molecule has 0 N–H and O–H groups in total. The Kier molecular flexibility index (Phi) is 3.84. The number of nitrogens with zero attached hydrogens (tertiary/aromatic N) is 2. The normalized spacial score (nSPS) is 16.6. The Bertz CT molecular complexity index is 935. The SMILES string of the molecule is O=C(c1cccc(F)c1)N1CCn2cccc2C1c1ccccc1F. The molecule has 0 saturated heterocycles. The predicted molar refractivity (Wildman–Crippen MR) is 90.1 cm³/mol. The van der Waals surface area contributed by atoms with Crippen LogP contribution in [0.1, 0.15) is 27.7 Å². The van der Waals surface area contributed by atoms with Gasteiger partial charge in [0.2, 0.25) is 0 Å². The molecule has 25 heavy (non-hydrogen) atoms. The van der Waals surface area contributed by atoms with Gasteiger partial charge in [-0.05, 0) is 36.4 Å². The van der Waals surface area contributed by atoms with Crippen LogP contribution >= 0.6 is 0 Å². The van der Waals surface area contributed by atoms with Crippen LogP contribution < -0.4 is 0 Å². The van der Waals surface area contributed by atoms with Crippen molar-refractivity contribution < 1.29 is 13.6 Å². The predicted octanol–water partition coefficient (Wildman–Crippen LogP) is 4.01. The van der Waals surface area contributed by atoms with Crippen molar-refractivity contribution >= 4 is 5.91 Å². The first-order valence-electron chi connectivity index (χ1n) is 8.11. The minimum Gasteiger partial charge on any atom is -0.348 e. The minimum atomic E-state index is -0.541. The number of carbonyl (C=O) groups is 1. The van der Waals surface area contributed by atoms with E-state index in [0.717, 1.165) is 5.69 Å². The van der Waals surface area contributed by atoms with Crippen molar-refractivity contribution in [3.8, 4) is 0 Å². The molecule has 126 valence electrons. The topological polar surface area (TPSA) is 25.2 Å². The molecule has 3 nitrogen and oxygen atoms in total. The number of benzene rings is 2. The molecule has 1 unspecified atom stereocenters. The number of rotatable bonds is 2. The van der Waals surface area contributed by atoms with Crippen LogP contribution in [0.25, 0.3) is 0 Å². The number of aromatic nitrogens is 1. The first kappa shape index (κ1) is 15.6. The molecule has 2 heterocycles. The first-order valence-corrected chi connectivity index (χ1v) is 8.11. The Hall–Kier alpha value is -2.95. The maximum absolute atomic E-state index is 14.5. The fourth-order valence-electron chi connectivity index (χ4n) is 3.41. The van der Waals surface area contributed by atoms with Crippen molar-refractivity contribution in [3.05, 3.63) is 95.3 Å². The molecule has 4 rings (SSSR count). The van der Waals surface area contributed by atoms with Crippen LogP contribution in [0.5, 0.6) is 0 Å². The summed E-state index contributed by atoms with van der Waals surface area (Å²) in [6.07, 6.45) is 1.92. The van der Waals surface area contributed by atoms with Crippen LogP contribution in [0.4, 0.5) is 8.78 Å². The summed E-state index contributed by atoms with van der Waals surface area (Å²) in [6, 6.07) is 15.3. The van der Waals surface area contributed by atoms with Gasteiger partial charge in [-0.3, -0.25) is 4.79 Å². The number of hydrogen-bond donors (Lipinski definition) is 0. The van der Waals surface area contributed by atoms with Crippen molar-refractivity contribution in [2.75, 3.05) is 6.54 Å². The fourth-order valence-corrected chi connectivity index (χ4v) is 3.41. The second-order valence-electron chi connectivity index (χ2n) is 6.06. The molecular formula is C20H16F2N2O. The smallest absolute Gasteiger partial charge is 0.254 e. The zero-order chi connectivity index (χ0) is 17.4. The van der Waals surface area contributed by atoms with E-state index in [9.17, 15) is 13.6 Å². The zero-order valence-electron chi connectivity index (χ0n) is 13.4. The summed E-state index contributed by atoms with van der Waals surface area (Å²) in [5, 5.41) is 0. The van der Waals surface area contributed by atoms with E-state index in [1.54, 1.807) is 29.2 Å². The standard InChI is InChI=1S/C20H16F2N2O/c21-15-6-3-5-14(13-15)20(25)24-12-11-23-10-4-9-18(23)19(24)16-7-1-2-8-17(16)22/h1-10,13,19H,11-12H2. The highest BCUT2D eigenvalue weighted by atomic mass is 19.1. The van der Waals surface area contributed by atoms with Crippen molar-refractivity contribution in [3.63, 3.8) is 0 Å². The van der Waals surface area contributed by atoms with E-state index < -0.39 is 11.9 Å². The molecule has 0 fully saturated rings. The summed E-state index contributed by atoms with van der Waals surface area (Å²) in [4.78, 5) is 14.6. The summed E-state index contributed by atoms with van der Waals surface area (Å²) < 4.78 is 30.0. The number of hydrogen-bond acceptors (Lipinski definition) is 1. The minimum absolute atomic E-state index is 0.265. The average molecular weight is 338 g/mol. The molecule has 0 radical (unpaired) electrons. The van der Waals surface area contributed by atoms with Gasteiger partial charge in [-0.25, -0.2) is 8.78 Å². The highest BCUT2D eigenvalue weighted by Gasteiger charge is 2.34. The molecule has 1 atom stereocenters. The fraction of sp³-hybridized carbons (Fsp3) is 0.150. The van der Waals surface area contributed by atoms with Gasteiger partial charge in [-0.15, -0.1) is 0 Å². The summed E-state index contributed by atoms with van der Waals surface area (Å²) >= 11 is 0. The van der Waals surface area contributed by atoms with Gasteiger partial charge in [0.25, 0.3) is 5.91 Å². The van der Waals surface area contributed by atoms with Crippen molar-refractivity contribution in [1.29, 1.82) is 0 Å². The van der Waals surface area contributed by atoms with Gasteiger partial charge in [0.1, 0.15) is 17.7 Å². The Morgan fingerprint density at radius 1 is 0.960 bits per heavy atom. The second kappa shape index (κ2) is 6.16. The molecule has 0 saturated carbocycles. The van der Waals surface area contributed by atoms with E-state index in [2.05, 4.69) is 0 Å². The third-order valence-electron chi connectivity index (χ3n) is 4.57. The van der Waals surface area contributed by atoms with E-state index >= 15 is 0 Å². The number of carbonyl (C=O) groups excluding carboxylic acids is 1. The van der Waals surface area contributed by atoms with Crippen LogP contribution in [0, 0.1) is 11.6 Å². The van der Waals surface area contributed by atoms with Gasteiger partial charge in [0.05, 0.1) is 0 Å². The van der Waals surface area contributed by atoms with Crippen molar-refractivity contribution in [2.24, 2.45) is 0 Å². The van der Waals surface area contributed by atoms with Gasteiger partial charge in [0, 0.05) is 36.1 Å². The van der Waals surface area contributed by atoms with E-state index in [-0.39, 0.29) is 17.3 Å². The number of fused-ring (bicyclic) bond motifs is 1. The molecule has 5 heteroatoms. The Morgan fingerprint density at radius 2 is 1.80 bits per heavy atom. The largest absolute Gasteiger partial charge is 0.348 e. The summed E-state index contributed by atoms with van der Waals surface area (Å²) in [5.74, 6) is -1.13. The maximum Gasteiger partial charge on any atom is 0.254 e. The lowest BCUT2D eigenvalue weighted by atomic mass is 9.98. The molecule has 1 amide bonds. The van der Waals surface area contributed by atoms with Crippen molar-refractivity contribution in [1.82, 2.24) is 9.47 Å². The Balaban J connectivity index is 1.81. The monoisotopic (exact) mass is 338 g/mol. The molecule has 3 aromatic rings. The van der Waals surface area contributed by atoms with E-state index in [1.165, 1.54) is 24.3 Å². The lowest BCUT2D eigenvalue weighted by molar-refractivity contribution is 0.0660. The summed E-state index contributed by atoms with van der Waals surface area (Å²) in [6.45, 7) is 1.05. The molecule has 1 aliphatic heterocycles. The molecule has 2 aromatic carbocycles. The van der Waals surface area contributed by atoms with Crippen LogP contribution in [0.2, 0.25) is 0 Å². The van der Waals surface area contributed by atoms with E-state index in [0.29, 0.717) is 18.7 Å². The van der Waals surface area contributed by atoms with Gasteiger partial charge in [0.15, 0.2) is 0 Å². The molecule has 0 bridgehead atoms. The molecular weight excluding hydrogens is 322 g/mol. The first-order chi connectivity index (χ1) is 12.1. The van der Waals surface area contributed by atoms with Crippen LogP contribution in [0.15, 0.2) is 66.9 Å². The van der Waals surface area contributed by atoms with Gasteiger partial charge in [-0.2, -0.15) is 0 Å². The third kappa shape index (κ3) is 2.71. The van der Waals surface area contributed by atoms with Crippen LogP contribution in [0.3, 0.4) is 0 Å². The zero-order valence-corrected chi connectivity index (χ0v) is 13.4. The van der Waals surface area contributed by atoms with Crippen molar-refractivity contribution in [2.45, 2.75) is 12.6 Å². The van der Waals surface area contributed by atoms with Crippen LogP contribution in [-0.2, 0) is 6.54 Å². The molecule has 0 aliphatic carbocycles. The quantitative estimate of drug-likeness (QED) is 0.693. The molecule has 1 aliphatic rings. The van der Waals surface area contributed by atoms with Gasteiger partial charge in [-0.1, -0.05) is 24.3 Å². The van der Waals surface area contributed by atoms with Gasteiger partial charge < -0.3 is 9.47 Å². The maximum atomic E-state index is 14.5. The molecule has 0 spiro atoms. The number of halogens is 2. The highest BCUT2D eigenvalue weighted by Crippen LogP contribution is 2.34. The highest BCUT2D eigenvalue weighted by molar-refractivity contribution is 5.94. The average Bonchev–Trinajstić information content (AvgIpc) is 3.10. The second-order valence-corrected chi connectivity index (χ2v) is 6.06. The van der Waals surface area contributed by atoms with Gasteiger partial charge >= 0.3 is 0 Å². The third-order valence-corrected chi connectivity index (χ3v) is 4.57. The van der Waals surface area contributed by atoms with E-state index in [4.69, 9.17) is 0 Å². The molecule has 1 aromatic heterocycles.